The Morgan fingerprint density at radius 1 is 0.763 bits per heavy atom. The molecule has 0 aliphatic carbocycles. The van der Waals surface area contributed by atoms with E-state index in [2.05, 4.69) is 4.74 Å². The molecule has 206 valence electrons. The number of rotatable bonds is 8. The summed E-state index contributed by atoms with van der Waals surface area (Å²) >= 11 is 0. The van der Waals surface area contributed by atoms with Gasteiger partial charge in [-0.3, -0.25) is 9.59 Å². The van der Waals surface area contributed by atoms with Gasteiger partial charge in [-0.05, 0) is 80.6 Å². The third-order valence-corrected chi connectivity index (χ3v) is 6.75. The second-order valence-corrected chi connectivity index (χ2v) is 9.56. The molecule has 2 heterocycles. The molecule has 2 aliphatic rings. The first-order valence-corrected chi connectivity index (χ1v) is 13.0. The molecule has 2 fully saturated rings. The summed E-state index contributed by atoms with van der Waals surface area (Å²) in [4.78, 5) is 29.2. The molecule has 0 bridgehead atoms. The van der Waals surface area contributed by atoms with Gasteiger partial charge in [0.15, 0.2) is 0 Å². The van der Waals surface area contributed by atoms with Crippen molar-refractivity contribution in [2.45, 2.75) is 57.6 Å². The van der Waals surface area contributed by atoms with Crippen LogP contribution < -0.4 is 9.47 Å². The Labute approximate surface area is 220 Å². The van der Waals surface area contributed by atoms with E-state index < -0.39 is 6.36 Å². The van der Waals surface area contributed by atoms with Crippen LogP contribution in [0.2, 0.25) is 0 Å². The summed E-state index contributed by atoms with van der Waals surface area (Å²) in [5.74, 6) is 0.189. The maximum atomic E-state index is 12.9. The summed E-state index contributed by atoms with van der Waals surface area (Å²) < 4.78 is 52.7. The van der Waals surface area contributed by atoms with Crippen LogP contribution in [0.4, 0.5) is 13.2 Å². The summed E-state index contributed by atoms with van der Waals surface area (Å²) in [7, 11) is 0. The summed E-state index contributed by atoms with van der Waals surface area (Å²) in [5, 5.41) is 0. The number of carbonyl (C=O) groups excluding carboxylic acids is 2. The van der Waals surface area contributed by atoms with E-state index in [1.807, 2.05) is 24.0 Å². The highest BCUT2D eigenvalue weighted by Gasteiger charge is 2.32. The fraction of sp³-hybridized carbons (Fsp3) is 0.500. The molecule has 0 aromatic heterocycles. The number of alkyl halides is 3. The highest BCUT2D eigenvalue weighted by Crippen LogP contribution is 2.25. The van der Waals surface area contributed by atoms with Gasteiger partial charge in [-0.15, -0.1) is 13.2 Å². The van der Waals surface area contributed by atoms with Gasteiger partial charge in [0.2, 0.25) is 0 Å². The van der Waals surface area contributed by atoms with Crippen molar-refractivity contribution >= 4 is 11.8 Å². The monoisotopic (exact) mass is 534 g/mol. The first-order valence-electron chi connectivity index (χ1n) is 13.0. The van der Waals surface area contributed by atoms with Crippen molar-refractivity contribution < 1.29 is 37.0 Å². The molecule has 0 N–H and O–H groups in total. The van der Waals surface area contributed by atoms with Gasteiger partial charge in [0, 0.05) is 37.3 Å². The molecule has 0 saturated carbocycles. The van der Waals surface area contributed by atoms with Crippen LogP contribution in [0.15, 0.2) is 48.5 Å². The van der Waals surface area contributed by atoms with Gasteiger partial charge in [-0.25, -0.2) is 0 Å². The number of halogens is 3. The van der Waals surface area contributed by atoms with E-state index in [-0.39, 0.29) is 29.8 Å². The first kappa shape index (κ1) is 27.8. The number of benzene rings is 2. The molecule has 10 heteroatoms. The zero-order chi connectivity index (χ0) is 27.1. The highest BCUT2D eigenvalue weighted by atomic mass is 19.4. The number of piperidine rings is 2. The van der Waals surface area contributed by atoms with Crippen LogP contribution in [-0.4, -0.2) is 73.0 Å². The molecule has 2 aromatic carbocycles. The summed E-state index contributed by atoms with van der Waals surface area (Å²) in [6.07, 6.45) is -0.851. The smallest absolute Gasteiger partial charge is 0.494 e. The van der Waals surface area contributed by atoms with Crippen LogP contribution in [0.5, 0.6) is 11.5 Å². The second-order valence-electron chi connectivity index (χ2n) is 9.56. The van der Waals surface area contributed by atoms with Crippen molar-refractivity contribution in [3.05, 3.63) is 59.7 Å². The van der Waals surface area contributed by atoms with E-state index in [4.69, 9.17) is 9.47 Å². The molecule has 2 aromatic rings. The van der Waals surface area contributed by atoms with Crippen molar-refractivity contribution in [1.82, 2.24) is 9.80 Å². The average Bonchev–Trinajstić information content (AvgIpc) is 2.92. The molecular weight excluding hydrogens is 501 g/mol. The standard InChI is InChI=1S/C28H33F3N2O5/c1-2-19-36-22-7-3-20(4-8-22)26(34)32-15-11-23(12-16-32)37-24-13-17-33(18-14-24)27(35)21-5-9-25(10-6-21)38-28(29,30)31/h3-10,23-24H,2,11-19H2,1H3. The van der Waals surface area contributed by atoms with E-state index in [9.17, 15) is 22.8 Å². The Kier molecular flexibility index (Phi) is 9.14. The number of likely N-dealkylation sites (tertiary alicyclic amines) is 2. The van der Waals surface area contributed by atoms with Gasteiger partial charge in [-0.1, -0.05) is 6.92 Å². The zero-order valence-corrected chi connectivity index (χ0v) is 21.4. The fourth-order valence-corrected chi connectivity index (χ4v) is 4.74. The van der Waals surface area contributed by atoms with Crippen LogP contribution in [0.3, 0.4) is 0 Å². The number of carbonyl (C=O) groups is 2. The lowest BCUT2D eigenvalue weighted by atomic mass is 10.0. The lowest BCUT2D eigenvalue weighted by Gasteiger charge is -2.37. The van der Waals surface area contributed by atoms with E-state index >= 15 is 0 Å². The van der Waals surface area contributed by atoms with Crippen molar-refractivity contribution in [3.8, 4) is 11.5 Å². The predicted molar refractivity (Wildman–Crippen MR) is 134 cm³/mol. The molecule has 2 amide bonds. The molecular formula is C28H33F3N2O5. The molecule has 2 aliphatic heterocycles. The molecule has 0 atom stereocenters. The minimum atomic E-state index is -4.77. The minimum Gasteiger partial charge on any atom is -0.494 e. The number of nitrogens with zero attached hydrogens (tertiary/aromatic N) is 2. The van der Waals surface area contributed by atoms with Gasteiger partial charge in [0.1, 0.15) is 11.5 Å². The Morgan fingerprint density at radius 2 is 1.18 bits per heavy atom. The van der Waals surface area contributed by atoms with Crippen molar-refractivity contribution in [2.75, 3.05) is 32.8 Å². The lowest BCUT2D eigenvalue weighted by Crippen LogP contribution is -2.44. The molecule has 2 saturated heterocycles. The zero-order valence-electron chi connectivity index (χ0n) is 21.4. The third kappa shape index (κ3) is 7.63. The van der Waals surface area contributed by atoms with Crippen LogP contribution in [0.1, 0.15) is 59.7 Å². The lowest BCUT2D eigenvalue weighted by molar-refractivity contribution is -0.274. The number of amides is 2. The Balaban J connectivity index is 1.18. The maximum Gasteiger partial charge on any atom is 0.573 e. The molecule has 7 nitrogen and oxygen atoms in total. The fourth-order valence-electron chi connectivity index (χ4n) is 4.74. The SMILES string of the molecule is CCCOc1ccc(C(=O)N2CCC(OC3CCN(C(=O)c4ccc(OC(F)(F)F)cc4)CC3)CC2)cc1. The number of hydrogen-bond acceptors (Lipinski definition) is 5. The summed E-state index contributed by atoms with van der Waals surface area (Å²) in [5.41, 5.74) is 0.965. The van der Waals surface area contributed by atoms with Gasteiger partial charge in [0.25, 0.3) is 11.8 Å². The second kappa shape index (κ2) is 12.5. The topological polar surface area (TPSA) is 68.3 Å². The largest absolute Gasteiger partial charge is 0.573 e. The van der Waals surface area contributed by atoms with Crippen molar-refractivity contribution in [3.63, 3.8) is 0 Å². The van der Waals surface area contributed by atoms with Crippen molar-refractivity contribution in [2.24, 2.45) is 0 Å². The van der Waals surface area contributed by atoms with E-state index in [1.54, 1.807) is 17.0 Å². The molecule has 38 heavy (non-hydrogen) atoms. The van der Waals surface area contributed by atoms with E-state index in [0.717, 1.165) is 37.1 Å². The van der Waals surface area contributed by atoms with Crippen LogP contribution in [0, 0.1) is 0 Å². The van der Waals surface area contributed by atoms with Gasteiger partial charge in [-0.2, -0.15) is 0 Å². The molecule has 0 unspecified atom stereocenters. The van der Waals surface area contributed by atoms with Crippen LogP contribution >= 0.6 is 0 Å². The number of hydrogen-bond donors (Lipinski definition) is 0. The van der Waals surface area contributed by atoms with Gasteiger partial charge in [0.05, 0.1) is 18.8 Å². The van der Waals surface area contributed by atoms with Gasteiger partial charge >= 0.3 is 6.36 Å². The molecule has 0 radical (unpaired) electrons. The Morgan fingerprint density at radius 3 is 1.58 bits per heavy atom. The molecule has 0 spiro atoms. The Bertz CT molecular complexity index is 1060. The minimum absolute atomic E-state index is 0.00955. The Hall–Kier alpha value is -3.27. The first-order chi connectivity index (χ1) is 18.2. The third-order valence-electron chi connectivity index (χ3n) is 6.75. The number of ether oxygens (including phenoxy) is 3. The van der Waals surface area contributed by atoms with E-state index in [1.165, 1.54) is 12.1 Å². The summed E-state index contributed by atoms with van der Waals surface area (Å²) in [6, 6.07) is 12.2. The van der Waals surface area contributed by atoms with E-state index in [0.29, 0.717) is 56.8 Å². The predicted octanol–water partition coefficient (Wildman–Crippen LogP) is 5.30. The maximum absolute atomic E-state index is 12.9. The van der Waals surface area contributed by atoms with Crippen LogP contribution in [0.25, 0.3) is 0 Å². The normalized spacial score (nSPS) is 17.4. The quantitative estimate of drug-likeness (QED) is 0.460. The van der Waals surface area contributed by atoms with Gasteiger partial charge < -0.3 is 24.0 Å². The average molecular weight is 535 g/mol. The highest BCUT2D eigenvalue weighted by molar-refractivity contribution is 5.95. The summed E-state index contributed by atoms with van der Waals surface area (Å²) in [6.45, 7) is 4.97. The molecule has 4 rings (SSSR count). The van der Waals surface area contributed by atoms with Crippen LogP contribution in [-0.2, 0) is 4.74 Å². The van der Waals surface area contributed by atoms with Crippen molar-refractivity contribution in [1.29, 1.82) is 0 Å².